The van der Waals surface area contributed by atoms with Crippen molar-refractivity contribution in [1.29, 1.82) is 0 Å². The van der Waals surface area contributed by atoms with Crippen LogP contribution in [-0.4, -0.2) is 23.5 Å². The van der Waals surface area contributed by atoms with Crippen molar-refractivity contribution in [3.63, 3.8) is 0 Å². The van der Waals surface area contributed by atoms with E-state index in [0.29, 0.717) is 24.2 Å². The van der Waals surface area contributed by atoms with Crippen molar-refractivity contribution in [3.8, 4) is 0 Å². The molecule has 4 nitrogen and oxygen atoms in total. The van der Waals surface area contributed by atoms with Crippen LogP contribution in [0, 0.1) is 11.8 Å². The minimum Gasteiger partial charge on any atom is -0.348 e. The Bertz CT molecular complexity index is 438. The number of halogens is 1. The van der Waals surface area contributed by atoms with Gasteiger partial charge in [-0.15, -0.1) is 23.7 Å². The summed E-state index contributed by atoms with van der Waals surface area (Å²) in [6.07, 6.45) is 4.22. The van der Waals surface area contributed by atoms with E-state index in [0.717, 1.165) is 23.8 Å². The topological polar surface area (TPSA) is 68.0 Å². The van der Waals surface area contributed by atoms with Crippen molar-refractivity contribution in [2.45, 2.75) is 45.6 Å². The third-order valence-corrected chi connectivity index (χ3v) is 4.80. The second-order valence-electron chi connectivity index (χ2n) is 5.64. The van der Waals surface area contributed by atoms with Gasteiger partial charge in [0.1, 0.15) is 5.69 Å². The third-order valence-electron chi connectivity index (χ3n) is 3.89. The number of hydrogen-bond donors (Lipinski definition) is 2. The van der Waals surface area contributed by atoms with Gasteiger partial charge in [0.05, 0.1) is 5.01 Å². The van der Waals surface area contributed by atoms with Crippen LogP contribution in [0.15, 0.2) is 5.38 Å². The summed E-state index contributed by atoms with van der Waals surface area (Å²) in [5, 5.41) is 5.91. The van der Waals surface area contributed by atoms with Crippen molar-refractivity contribution < 1.29 is 4.79 Å². The number of thiazole rings is 1. The molecule has 1 heterocycles. The van der Waals surface area contributed by atoms with Gasteiger partial charge < -0.3 is 11.1 Å². The zero-order valence-corrected chi connectivity index (χ0v) is 13.7. The van der Waals surface area contributed by atoms with E-state index in [1.807, 2.05) is 5.38 Å². The molecule has 1 amide bonds. The molecule has 0 aliphatic heterocycles. The van der Waals surface area contributed by atoms with Crippen LogP contribution >= 0.6 is 23.7 Å². The normalized spacial score (nSPS) is 25.9. The number of carbonyl (C=O) groups is 1. The molecule has 6 heteroatoms. The number of amides is 1. The van der Waals surface area contributed by atoms with Gasteiger partial charge in [0.2, 0.25) is 0 Å². The Labute approximate surface area is 131 Å². The van der Waals surface area contributed by atoms with Crippen LogP contribution in [0.2, 0.25) is 0 Å². The van der Waals surface area contributed by atoms with Crippen molar-refractivity contribution in [1.82, 2.24) is 10.3 Å². The average molecular weight is 318 g/mol. The van der Waals surface area contributed by atoms with E-state index in [-0.39, 0.29) is 18.3 Å². The second kappa shape index (κ2) is 7.96. The fourth-order valence-electron chi connectivity index (χ4n) is 2.78. The van der Waals surface area contributed by atoms with Gasteiger partial charge in [0, 0.05) is 17.8 Å². The maximum Gasteiger partial charge on any atom is 0.270 e. The monoisotopic (exact) mass is 317 g/mol. The summed E-state index contributed by atoms with van der Waals surface area (Å²) >= 11 is 1.51. The first-order valence-electron chi connectivity index (χ1n) is 7.05. The van der Waals surface area contributed by atoms with Crippen LogP contribution in [0.3, 0.4) is 0 Å². The molecule has 3 unspecified atom stereocenters. The smallest absolute Gasteiger partial charge is 0.270 e. The molecule has 0 bridgehead atoms. The molecule has 1 aromatic rings. The number of rotatable bonds is 4. The first kappa shape index (κ1) is 17.4. The summed E-state index contributed by atoms with van der Waals surface area (Å²) in [6, 6.07) is 0.295. The number of nitrogens with one attached hydrogen (secondary N) is 1. The standard InChI is InChI=1S/C14H23N3OS.ClH/c1-9-3-4-11(10(2)7-9)17-14(18)12-8-19-13(16-12)5-6-15;/h8-11H,3-7,15H2,1-2H3,(H,17,18);1H. The summed E-state index contributed by atoms with van der Waals surface area (Å²) in [6.45, 7) is 5.09. The Balaban J connectivity index is 0.00000200. The molecule has 1 fully saturated rings. The molecular formula is C14H24ClN3OS. The molecule has 0 spiro atoms. The highest BCUT2D eigenvalue weighted by Crippen LogP contribution is 2.28. The molecule has 1 aliphatic carbocycles. The fourth-order valence-corrected chi connectivity index (χ4v) is 3.57. The average Bonchev–Trinajstić information content (AvgIpc) is 2.82. The van der Waals surface area contributed by atoms with E-state index < -0.39 is 0 Å². The number of hydrogen-bond acceptors (Lipinski definition) is 4. The van der Waals surface area contributed by atoms with Crippen LogP contribution in [0.25, 0.3) is 0 Å². The summed E-state index contributed by atoms with van der Waals surface area (Å²) in [4.78, 5) is 16.5. The summed E-state index contributed by atoms with van der Waals surface area (Å²) < 4.78 is 0. The van der Waals surface area contributed by atoms with Crippen LogP contribution in [0.5, 0.6) is 0 Å². The zero-order valence-electron chi connectivity index (χ0n) is 12.1. The molecule has 1 aromatic heterocycles. The second-order valence-corrected chi connectivity index (χ2v) is 6.58. The SMILES string of the molecule is CC1CCC(NC(=O)c2csc(CCN)n2)C(C)C1.Cl. The quantitative estimate of drug-likeness (QED) is 0.897. The Morgan fingerprint density at radius 3 is 2.90 bits per heavy atom. The zero-order chi connectivity index (χ0) is 13.8. The highest BCUT2D eigenvalue weighted by molar-refractivity contribution is 7.09. The van der Waals surface area contributed by atoms with E-state index in [2.05, 4.69) is 24.1 Å². The van der Waals surface area contributed by atoms with Crippen LogP contribution in [0.1, 0.15) is 48.6 Å². The Kier molecular flexibility index (Phi) is 6.92. The van der Waals surface area contributed by atoms with E-state index in [1.165, 1.54) is 24.2 Å². The molecular weight excluding hydrogens is 294 g/mol. The maximum absolute atomic E-state index is 12.2. The predicted molar refractivity (Wildman–Crippen MR) is 85.6 cm³/mol. The summed E-state index contributed by atoms with van der Waals surface area (Å²) in [5.41, 5.74) is 6.03. The number of nitrogens with two attached hydrogens (primary N) is 1. The lowest BCUT2D eigenvalue weighted by atomic mass is 9.80. The van der Waals surface area contributed by atoms with Crippen LogP contribution in [-0.2, 0) is 6.42 Å². The minimum atomic E-state index is -0.0362. The van der Waals surface area contributed by atoms with E-state index in [4.69, 9.17) is 5.73 Å². The largest absolute Gasteiger partial charge is 0.348 e. The lowest BCUT2D eigenvalue weighted by molar-refractivity contribution is 0.0895. The van der Waals surface area contributed by atoms with Crippen LogP contribution < -0.4 is 11.1 Å². The van der Waals surface area contributed by atoms with Gasteiger partial charge in [-0.25, -0.2) is 4.98 Å². The number of carbonyl (C=O) groups excluding carboxylic acids is 1. The van der Waals surface area contributed by atoms with Crippen molar-refractivity contribution in [3.05, 3.63) is 16.1 Å². The lowest BCUT2D eigenvalue weighted by Crippen LogP contribution is -2.42. The van der Waals surface area contributed by atoms with Crippen LogP contribution in [0.4, 0.5) is 0 Å². The first-order chi connectivity index (χ1) is 9.10. The Hall–Kier alpha value is -0.650. The van der Waals surface area contributed by atoms with Gasteiger partial charge >= 0.3 is 0 Å². The van der Waals surface area contributed by atoms with Gasteiger partial charge in [-0.2, -0.15) is 0 Å². The maximum atomic E-state index is 12.2. The first-order valence-corrected chi connectivity index (χ1v) is 7.93. The van der Waals surface area contributed by atoms with Gasteiger partial charge in [-0.1, -0.05) is 13.8 Å². The lowest BCUT2D eigenvalue weighted by Gasteiger charge is -2.32. The van der Waals surface area contributed by atoms with Crippen molar-refractivity contribution >= 4 is 29.7 Å². The predicted octanol–water partition coefficient (Wildman–Crippen LogP) is 2.62. The van der Waals surface area contributed by atoms with Crippen molar-refractivity contribution in [2.24, 2.45) is 17.6 Å². The molecule has 2 rings (SSSR count). The third kappa shape index (κ3) is 4.43. The fraction of sp³-hybridized carbons (Fsp3) is 0.714. The van der Waals surface area contributed by atoms with Gasteiger partial charge in [-0.05, 0) is 37.6 Å². The van der Waals surface area contributed by atoms with E-state index in [1.54, 1.807) is 0 Å². The molecule has 20 heavy (non-hydrogen) atoms. The number of aromatic nitrogens is 1. The molecule has 3 atom stereocenters. The molecule has 0 radical (unpaired) electrons. The Morgan fingerprint density at radius 1 is 1.50 bits per heavy atom. The van der Waals surface area contributed by atoms with Gasteiger partial charge in [0.25, 0.3) is 5.91 Å². The Morgan fingerprint density at radius 2 is 2.25 bits per heavy atom. The highest BCUT2D eigenvalue weighted by atomic mass is 35.5. The van der Waals surface area contributed by atoms with Gasteiger partial charge in [-0.3, -0.25) is 4.79 Å². The van der Waals surface area contributed by atoms with E-state index in [9.17, 15) is 4.79 Å². The molecule has 0 aromatic carbocycles. The molecule has 1 saturated carbocycles. The molecule has 0 saturated heterocycles. The van der Waals surface area contributed by atoms with Crippen molar-refractivity contribution in [2.75, 3.05) is 6.54 Å². The molecule has 3 N–H and O–H groups in total. The van der Waals surface area contributed by atoms with E-state index >= 15 is 0 Å². The highest BCUT2D eigenvalue weighted by Gasteiger charge is 2.27. The minimum absolute atomic E-state index is 0. The summed E-state index contributed by atoms with van der Waals surface area (Å²) in [7, 11) is 0. The molecule has 1 aliphatic rings. The molecule has 114 valence electrons. The van der Waals surface area contributed by atoms with Gasteiger partial charge in [0.15, 0.2) is 0 Å². The number of nitrogens with zero attached hydrogens (tertiary/aromatic N) is 1. The summed E-state index contributed by atoms with van der Waals surface area (Å²) in [5.74, 6) is 1.29.